The predicted molar refractivity (Wildman–Crippen MR) is 75.7 cm³/mol. The van der Waals surface area contributed by atoms with Crippen molar-refractivity contribution in [1.82, 2.24) is 4.98 Å². The quantitative estimate of drug-likeness (QED) is 0.846. The molecule has 2 unspecified atom stereocenters. The van der Waals surface area contributed by atoms with E-state index in [1.54, 1.807) is 18.3 Å². The van der Waals surface area contributed by atoms with E-state index in [0.29, 0.717) is 18.0 Å². The Morgan fingerprint density at radius 1 is 1.40 bits per heavy atom. The van der Waals surface area contributed by atoms with Crippen molar-refractivity contribution in [2.24, 2.45) is 11.7 Å². The SMILES string of the molecule is NC(c1cc(NS(=O)(=O)C2CC2)ccn1)C1CCOC1. The lowest BCUT2D eigenvalue weighted by atomic mass is 9.96. The van der Waals surface area contributed by atoms with Crippen LogP contribution < -0.4 is 10.5 Å². The molecular formula is C13H19N3O3S. The molecule has 3 rings (SSSR count). The molecule has 2 atom stereocenters. The van der Waals surface area contributed by atoms with Crippen molar-refractivity contribution in [3.05, 3.63) is 24.0 Å². The van der Waals surface area contributed by atoms with Crippen molar-refractivity contribution in [3.63, 3.8) is 0 Å². The number of nitrogens with two attached hydrogens (primary N) is 1. The van der Waals surface area contributed by atoms with E-state index in [1.165, 1.54) is 0 Å². The van der Waals surface area contributed by atoms with Crippen LogP contribution in [0.5, 0.6) is 0 Å². The van der Waals surface area contributed by atoms with Gasteiger partial charge >= 0.3 is 0 Å². The van der Waals surface area contributed by atoms with E-state index in [0.717, 1.165) is 25.9 Å². The molecule has 0 spiro atoms. The second kappa shape index (κ2) is 5.31. The van der Waals surface area contributed by atoms with Gasteiger partial charge in [-0.2, -0.15) is 0 Å². The van der Waals surface area contributed by atoms with Crippen LogP contribution >= 0.6 is 0 Å². The first kappa shape index (κ1) is 13.8. The van der Waals surface area contributed by atoms with Crippen molar-refractivity contribution in [3.8, 4) is 0 Å². The van der Waals surface area contributed by atoms with E-state index >= 15 is 0 Å². The molecule has 0 aromatic carbocycles. The van der Waals surface area contributed by atoms with Crippen LogP contribution in [-0.4, -0.2) is 31.9 Å². The van der Waals surface area contributed by atoms with E-state index in [1.807, 2.05) is 0 Å². The fourth-order valence-electron chi connectivity index (χ4n) is 2.40. The van der Waals surface area contributed by atoms with Gasteiger partial charge in [0.1, 0.15) is 0 Å². The van der Waals surface area contributed by atoms with E-state index in [9.17, 15) is 8.42 Å². The number of sulfonamides is 1. The molecule has 3 N–H and O–H groups in total. The molecule has 1 saturated carbocycles. The van der Waals surface area contributed by atoms with Gasteiger partial charge in [-0.15, -0.1) is 0 Å². The van der Waals surface area contributed by atoms with Gasteiger partial charge in [0.15, 0.2) is 0 Å². The molecule has 0 amide bonds. The fourth-order valence-corrected chi connectivity index (χ4v) is 3.78. The van der Waals surface area contributed by atoms with Gasteiger partial charge in [-0.05, 0) is 31.4 Å². The summed E-state index contributed by atoms with van der Waals surface area (Å²) in [7, 11) is -3.24. The summed E-state index contributed by atoms with van der Waals surface area (Å²) in [6.45, 7) is 1.37. The summed E-state index contributed by atoms with van der Waals surface area (Å²) in [4.78, 5) is 4.26. The summed E-state index contributed by atoms with van der Waals surface area (Å²) in [5.41, 5.74) is 7.43. The molecule has 2 heterocycles. The van der Waals surface area contributed by atoms with Gasteiger partial charge in [-0.1, -0.05) is 0 Å². The van der Waals surface area contributed by atoms with Crippen LogP contribution in [0.1, 0.15) is 31.0 Å². The molecule has 1 saturated heterocycles. The Bertz CT molecular complexity index is 580. The molecular weight excluding hydrogens is 278 g/mol. The van der Waals surface area contributed by atoms with Crippen molar-refractivity contribution in [2.45, 2.75) is 30.6 Å². The van der Waals surface area contributed by atoms with E-state index in [-0.39, 0.29) is 17.2 Å². The van der Waals surface area contributed by atoms with Crippen LogP contribution in [0.15, 0.2) is 18.3 Å². The normalized spacial score (nSPS) is 24.6. The molecule has 2 fully saturated rings. The lowest BCUT2D eigenvalue weighted by Crippen LogP contribution is -2.23. The number of nitrogens with zero attached hydrogens (tertiary/aromatic N) is 1. The van der Waals surface area contributed by atoms with Crippen LogP contribution in [0.25, 0.3) is 0 Å². The molecule has 20 heavy (non-hydrogen) atoms. The number of anilines is 1. The highest BCUT2D eigenvalue weighted by Crippen LogP contribution is 2.31. The van der Waals surface area contributed by atoms with Crippen molar-refractivity contribution in [2.75, 3.05) is 17.9 Å². The second-order valence-corrected chi connectivity index (χ2v) is 7.43. The van der Waals surface area contributed by atoms with Crippen molar-refractivity contribution < 1.29 is 13.2 Å². The number of rotatable bonds is 5. The number of hydrogen-bond acceptors (Lipinski definition) is 5. The molecule has 110 valence electrons. The molecule has 0 bridgehead atoms. The Hall–Kier alpha value is -1.18. The third kappa shape index (κ3) is 2.94. The molecule has 2 aliphatic rings. The smallest absolute Gasteiger partial charge is 0.235 e. The largest absolute Gasteiger partial charge is 0.381 e. The third-order valence-electron chi connectivity index (χ3n) is 3.82. The highest BCUT2D eigenvalue weighted by molar-refractivity contribution is 7.93. The lowest BCUT2D eigenvalue weighted by molar-refractivity contribution is 0.180. The summed E-state index contributed by atoms with van der Waals surface area (Å²) in [5, 5.41) is -0.240. The Labute approximate surface area is 118 Å². The molecule has 1 aliphatic carbocycles. The maximum atomic E-state index is 11.9. The summed E-state index contributed by atoms with van der Waals surface area (Å²) in [5.74, 6) is 0.248. The lowest BCUT2D eigenvalue weighted by Gasteiger charge is -2.17. The highest BCUT2D eigenvalue weighted by atomic mass is 32.2. The maximum Gasteiger partial charge on any atom is 0.235 e. The zero-order valence-corrected chi connectivity index (χ0v) is 12.0. The van der Waals surface area contributed by atoms with Crippen LogP contribution in [-0.2, 0) is 14.8 Å². The van der Waals surface area contributed by atoms with Crippen LogP contribution in [0, 0.1) is 5.92 Å². The molecule has 6 nitrogen and oxygen atoms in total. The van der Waals surface area contributed by atoms with Crippen LogP contribution in [0.2, 0.25) is 0 Å². The average Bonchev–Trinajstić information content (AvgIpc) is 3.15. The Morgan fingerprint density at radius 3 is 2.85 bits per heavy atom. The number of ether oxygens (including phenoxy) is 1. The topological polar surface area (TPSA) is 94.3 Å². The third-order valence-corrected chi connectivity index (χ3v) is 5.69. The monoisotopic (exact) mass is 297 g/mol. The first-order chi connectivity index (χ1) is 9.56. The fraction of sp³-hybridized carbons (Fsp3) is 0.615. The molecule has 7 heteroatoms. The number of nitrogens with one attached hydrogen (secondary N) is 1. The van der Waals surface area contributed by atoms with E-state index in [2.05, 4.69) is 9.71 Å². The average molecular weight is 297 g/mol. The van der Waals surface area contributed by atoms with E-state index < -0.39 is 10.0 Å². The van der Waals surface area contributed by atoms with Gasteiger partial charge in [0.25, 0.3) is 0 Å². The number of aromatic nitrogens is 1. The van der Waals surface area contributed by atoms with Crippen molar-refractivity contribution in [1.29, 1.82) is 0 Å². The minimum absolute atomic E-state index is 0.220. The van der Waals surface area contributed by atoms with Gasteiger partial charge in [0.05, 0.1) is 29.3 Å². The van der Waals surface area contributed by atoms with Crippen LogP contribution in [0.4, 0.5) is 5.69 Å². The van der Waals surface area contributed by atoms with Gasteiger partial charge in [-0.25, -0.2) is 8.42 Å². The first-order valence-electron chi connectivity index (χ1n) is 6.87. The molecule has 0 radical (unpaired) electrons. The van der Waals surface area contributed by atoms with Gasteiger partial charge in [0.2, 0.25) is 10.0 Å². The maximum absolute atomic E-state index is 11.9. The zero-order valence-electron chi connectivity index (χ0n) is 11.2. The molecule has 1 aromatic rings. The summed E-state index contributed by atoms with van der Waals surface area (Å²) >= 11 is 0. The van der Waals surface area contributed by atoms with Crippen LogP contribution in [0.3, 0.4) is 0 Å². The number of hydrogen-bond donors (Lipinski definition) is 2. The highest BCUT2D eigenvalue weighted by Gasteiger charge is 2.35. The second-order valence-electron chi connectivity index (χ2n) is 5.47. The molecule has 1 aliphatic heterocycles. The number of pyridine rings is 1. The first-order valence-corrected chi connectivity index (χ1v) is 8.42. The Kier molecular flexibility index (Phi) is 3.66. The minimum Gasteiger partial charge on any atom is -0.381 e. The summed E-state index contributed by atoms with van der Waals surface area (Å²) in [6, 6.07) is 3.16. The summed E-state index contributed by atoms with van der Waals surface area (Å²) in [6.07, 6.45) is 4.00. The van der Waals surface area contributed by atoms with Gasteiger partial charge in [-0.3, -0.25) is 9.71 Å². The van der Waals surface area contributed by atoms with Gasteiger partial charge in [0, 0.05) is 18.7 Å². The Balaban J connectivity index is 1.75. The minimum atomic E-state index is -3.24. The standard InChI is InChI=1S/C13H19N3O3S/c14-13(9-4-6-19-8-9)12-7-10(3-5-15-12)16-20(17,18)11-1-2-11/h3,5,7,9,11,13H,1-2,4,6,8,14H2,(H,15,16). The summed E-state index contributed by atoms with van der Waals surface area (Å²) < 4.78 is 31.8. The zero-order chi connectivity index (χ0) is 14.2. The van der Waals surface area contributed by atoms with Gasteiger partial charge < -0.3 is 10.5 Å². The predicted octanol–water partition coefficient (Wildman–Crippen LogP) is 1.02. The van der Waals surface area contributed by atoms with E-state index in [4.69, 9.17) is 10.5 Å². The molecule has 1 aromatic heterocycles. The van der Waals surface area contributed by atoms with Crippen molar-refractivity contribution >= 4 is 15.7 Å². The Morgan fingerprint density at radius 2 is 2.20 bits per heavy atom.